The second-order valence-corrected chi connectivity index (χ2v) is 6.14. The second-order valence-electron chi connectivity index (χ2n) is 5.81. The van der Waals surface area contributed by atoms with Crippen LogP contribution in [0.3, 0.4) is 0 Å². The van der Waals surface area contributed by atoms with Crippen molar-refractivity contribution in [3.8, 4) is 0 Å². The first-order valence-electron chi connectivity index (χ1n) is 7.65. The summed E-state index contributed by atoms with van der Waals surface area (Å²) in [6.45, 7) is 0. The third-order valence-electron chi connectivity index (χ3n) is 4.35. The monoisotopic (exact) mass is 279 g/mol. The maximum atomic E-state index is 6.07. The summed E-state index contributed by atoms with van der Waals surface area (Å²) in [5, 5.41) is 4.05. The summed E-state index contributed by atoms with van der Waals surface area (Å²) < 4.78 is 0. The number of hydrogen-bond acceptors (Lipinski definition) is 3. The van der Waals surface area contributed by atoms with Crippen LogP contribution in [0, 0.1) is 0 Å². The number of nitrogens with zero attached hydrogens (tertiary/aromatic N) is 2. The van der Waals surface area contributed by atoms with E-state index in [4.69, 9.17) is 11.6 Å². The van der Waals surface area contributed by atoms with Gasteiger partial charge in [-0.2, -0.15) is 0 Å². The van der Waals surface area contributed by atoms with E-state index in [-0.39, 0.29) is 0 Å². The molecule has 0 radical (unpaired) electrons. The molecule has 1 aromatic heterocycles. The average molecular weight is 280 g/mol. The minimum atomic E-state index is 0.400. The van der Waals surface area contributed by atoms with Crippen molar-refractivity contribution < 1.29 is 0 Å². The van der Waals surface area contributed by atoms with Crippen molar-refractivity contribution in [2.75, 3.05) is 5.32 Å². The first-order valence-corrected chi connectivity index (χ1v) is 8.02. The summed E-state index contributed by atoms with van der Waals surface area (Å²) in [4.78, 5) is 8.85. The zero-order valence-electron chi connectivity index (χ0n) is 11.4. The van der Waals surface area contributed by atoms with Gasteiger partial charge in [0.15, 0.2) is 0 Å². The molecule has 1 N–H and O–H groups in total. The minimum Gasteiger partial charge on any atom is -0.367 e. The minimum absolute atomic E-state index is 0.400. The van der Waals surface area contributed by atoms with E-state index in [0.29, 0.717) is 11.3 Å². The third kappa shape index (κ3) is 3.19. The van der Waals surface area contributed by atoms with E-state index in [1.54, 1.807) is 0 Å². The van der Waals surface area contributed by atoms with Crippen molar-refractivity contribution in [3.63, 3.8) is 0 Å². The molecule has 4 heteroatoms. The van der Waals surface area contributed by atoms with Gasteiger partial charge in [-0.3, -0.25) is 0 Å². The molecule has 0 aliphatic heterocycles. The van der Waals surface area contributed by atoms with Crippen LogP contribution < -0.4 is 5.32 Å². The average Bonchev–Trinajstić information content (AvgIpc) is 2.67. The van der Waals surface area contributed by atoms with Gasteiger partial charge in [0.05, 0.1) is 5.69 Å². The highest BCUT2D eigenvalue weighted by molar-refractivity contribution is 6.28. The summed E-state index contributed by atoms with van der Waals surface area (Å²) in [6, 6.07) is 0.569. The topological polar surface area (TPSA) is 37.8 Å². The largest absolute Gasteiger partial charge is 0.367 e. The van der Waals surface area contributed by atoms with Gasteiger partial charge in [0, 0.05) is 11.6 Å². The highest BCUT2D eigenvalue weighted by atomic mass is 35.5. The first-order chi connectivity index (χ1) is 9.33. The summed E-state index contributed by atoms with van der Waals surface area (Å²) in [6.07, 6.45) is 12.6. The van der Waals surface area contributed by atoms with Crippen LogP contribution in [-0.4, -0.2) is 16.0 Å². The predicted octanol–water partition coefficient (Wildman–Crippen LogP) is 4.14. The molecule has 0 aromatic carbocycles. The molecule has 3 rings (SSSR count). The van der Waals surface area contributed by atoms with Crippen LogP contribution in [0.1, 0.15) is 62.6 Å². The zero-order valence-corrected chi connectivity index (χ0v) is 12.2. The smallest absolute Gasteiger partial charge is 0.224 e. The highest BCUT2D eigenvalue weighted by Crippen LogP contribution is 2.29. The fraction of sp³-hybridized carbons (Fsp3) is 0.733. The van der Waals surface area contributed by atoms with Gasteiger partial charge >= 0.3 is 0 Å². The Morgan fingerprint density at radius 3 is 2.42 bits per heavy atom. The van der Waals surface area contributed by atoms with Crippen molar-refractivity contribution in [1.82, 2.24) is 9.97 Å². The Balaban J connectivity index is 1.81. The molecule has 1 aromatic rings. The van der Waals surface area contributed by atoms with Crippen LogP contribution in [-0.2, 0) is 12.8 Å². The van der Waals surface area contributed by atoms with E-state index in [1.165, 1.54) is 62.6 Å². The molecule has 1 saturated carbocycles. The molecular formula is C15H22ClN3. The normalized spacial score (nSPS) is 20.7. The fourth-order valence-corrected chi connectivity index (χ4v) is 3.49. The Morgan fingerprint density at radius 2 is 1.63 bits per heavy atom. The van der Waals surface area contributed by atoms with Crippen molar-refractivity contribution in [3.05, 3.63) is 16.5 Å². The standard InChI is InChI=1S/C15H22ClN3/c16-15-18-13-10-6-5-9-12(13)14(19-15)17-11-7-3-1-2-4-8-11/h11H,1-10H2,(H,17,18,19). The van der Waals surface area contributed by atoms with Crippen LogP contribution in [0.4, 0.5) is 5.82 Å². The summed E-state index contributed by atoms with van der Waals surface area (Å²) in [5.74, 6) is 1.02. The fourth-order valence-electron chi connectivity index (χ4n) is 3.30. The Morgan fingerprint density at radius 1 is 0.895 bits per heavy atom. The molecule has 0 spiro atoms. The van der Waals surface area contributed by atoms with Crippen LogP contribution in [0.25, 0.3) is 0 Å². The van der Waals surface area contributed by atoms with Crippen LogP contribution >= 0.6 is 11.6 Å². The first kappa shape index (κ1) is 13.2. The van der Waals surface area contributed by atoms with Crippen LogP contribution in [0.2, 0.25) is 5.28 Å². The van der Waals surface area contributed by atoms with E-state index in [0.717, 1.165) is 18.7 Å². The lowest BCUT2D eigenvalue weighted by atomic mass is 9.96. The zero-order chi connectivity index (χ0) is 13.1. The number of fused-ring (bicyclic) bond motifs is 1. The Labute approximate surface area is 120 Å². The quantitative estimate of drug-likeness (QED) is 0.653. The number of anilines is 1. The Hall–Kier alpha value is -0.830. The van der Waals surface area contributed by atoms with Crippen molar-refractivity contribution >= 4 is 17.4 Å². The molecule has 0 saturated heterocycles. The summed E-state index contributed by atoms with van der Waals surface area (Å²) >= 11 is 6.07. The molecule has 2 aliphatic rings. The van der Waals surface area contributed by atoms with E-state index in [9.17, 15) is 0 Å². The lowest BCUT2D eigenvalue weighted by Gasteiger charge is -2.22. The molecule has 104 valence electrons. The van der Waals surface area contributed by atoms with Crippen molar-refractivity contribution in [2.45, 2.75) is 70.3 Å². The lowest BCUT2D eigenvalue weighted by Crippen LogP contribution is -2.22. The number of aryl methyl sites for hydroxylation is 1. The lowest BCUT2D eigenvalue weighted by molar-refractivity contribution is 0.610. The van der Waals surface area contributed by atoms with Crippen molar-refractivity contribution in [1.29, 1.82) is 0 Å². The molecule has 0 atom stereocenters. The molecule has 0 bridgehead atoms. The van der Waals surface area contributed by atoms with Crippen LogP contribution in [0.5, 0.6) is 0 Å². The molecule has 19 heavy (non-hydrogen) atoms. The molecular weight excluding hydrogens is 258 g/mol. The Kier molecular flexibility index (Phi) is 4.21. The molecule has 1 fully saturated rings. The molecule has 0 unspecified atom stereocenters. The van der Waals surface area contributed by atoms with Gasteiger partial charge in [-0.15, -0.1) is 0 Å². The van der Waals surface area contributed by atoms with Gasteiger partial charge in [-0.1, -0.05) is 25.7 Å². The highest BCUT2D eigenvalue weighted by Gasteiger charge is 2.20. The molecule has 0 amide bonds. The van der Waals surface area contributed by atoms with E-state index in [1.807, 2.05) is 0 Å². The van der Waals surface area contributed by atoms with Gasteiger partial charge in [-0.25, -0.2) is 9.97 Å². The van der Waals surface area contributed by atoms with E-state index in [2.05, 4.69) is 15.3 Å². The molecule has 3 nitrogen and oxygen atoms in total. The van der Waals surface area contributed by atoms with Crippen molar-refractivity contribution in [2.24, 2.45) is 0 Å². The number of rotatable bonds is 2. The molecule has 2 aliphatic carbocycles. The van der Waals surface area contributed by atoms with Gasteiger partial charge in [0.25, 0.3) is 0 Å². The van der Waals surface area contributed by atoms with E-state index >= 15 is 0 Å². The summed E-state index contributed by atoms with van der Waals surface area (Å²) in [5.41, 5.74) is 2.49. The third-order valence-corrected chi connectivity index (χ3v) is 4.52. The second kappa shape index (κ2) is 6.08. The maximum Gasteiger partial charge on any atom is 0.224 e. The number of hydrogen-bond donors (Lipinski definition) is 1. The SMILES string of the molecule is Clc1nc2c(c(NC3CCCCCC3)n1)CCCC2. The van der Waals surface area contributed by atoms with E-state index < -0.39 is 0 Å². The Bertz CT molecular complexity index is 439. The van der Waals surface area contributed by atoms with Crippen LogP contribution in [0.15, 0.2) is 0 Å². The number of nitrogens with one attached hydrogen (secondary N) is 1. The number of aromatic nitrogens is 2. The van der Waals surface area contributed by atoms with Gasteiger partial charge in [0.2, 0.25) is 5.28 Å². The van der Waals surface area contributed by atoms with Gasteiger partial charge < -0.3 is 5.32 Å². The van der Waals surface area contributed by atoms with Gasteiger partial charge in [-0.05, 0) is 50.1 Å². The predicted molar refractivity (Wildman–Crippen MR) is 78.8 cm³/mol. The van der Waals surface area contributed by atoms with Gasteiger partial charge in [0.1, 0.15) is 5.82 Å². The maximum absolute atomic E-state index is 6.07. The number of halogens is 1. The summed E-state index contributed by atoms with van der Waals surface area (Å²) in [7, 11) is 0. The molecule has 1 heterocycles.